The average molecular weight is 335 g/mol. The molecule has 9 nitrogen and oxygen atoms in total. The first-order chi connectivity index (χ1) is 11.6. The number of furan rings is 1. The quantitative estimate of drug-likeness (QED) is 0.801. The number of rotatable bonds is 4. The standard InChI is InChI=1S/C15H17N3O6/c1-21-13(19)10-3-5-22-11(10)6-18-7-12(16-17-18)15(20)4-2-9-8-23-14(15)24-9/h3,5,7,9,14,20H,2,4,6,8H2,1H3/t9-,14+,15?/m0/s1. The predicted octanol–water partition coefficient (Wildman–Crippen LogP) is 0.429. The van der Waals surface area contributed by atoms with E-state index >= 15 is 0 Å². The molecule has 2 aliphatic rings. The maximum absolute atomic E-state index is 11.7. The molecule has 0 spiro atoms. The Kier molecular flexibility index (Phi) is 3.63. The molecule has 2 aliphatic heterocycles. The number of esters is 1. The molecule has 1 N–H and O–H groups in total. The van der Waals surface area contributed by atoms with Gasteiger partial charge in [0.25, 0.3) is 0 Å². The summed E-state index contributed by atoms with van der Waals surface area (Å²) >= 11 is 0. The Morgan fingerprint density at radius 3 is 3.29 bits per heavy atom. The number of hydrogen-bond donors (Lipinski definition) is 1. The van der Waals surface area contributed by atoms with Gasteiger partial charge in [-0.3, -0.25) is 0 Å². The van der Waals surface area contributed by atoms with Crippen molar-refractivity contribution >= 4 is 5.97 Å². The molecular formula is C15H17N3O6. The normalized spacial score (nSPS) is 28.9. The minimum Gasteiger partial charge on any atom is -0.466 e. The number of carbonyl (C=O) groups is 1. The lowest BCUT2D eigenvalue weighted by Crippen LogP contribution is -2.44. The maximum atomic E-state index is 11.7. The molecule has 4 heterocycles. The summed E-state index contributed by atoms with van der Waals surface area (Å²) in [5, 5.41) is 18.9. The zero-order valence-electron chi connectivity index (χ0n) is 13.0. The van der Waals surface area contributed by atoms with Gasteiger partial charge in [-0.05, 0) is 18.9 Å². The lowest BCUT2D eigenvalue weighted by Gasteiger charge is -2.34. The van der Waals surface area contributed by atoms with Gasteiger partial charge < -0.3 is 23.7 Å². The van der Waals surface area contributed by atoms with Crippen LogP contribution < -0.4 is 0 Å². The summed E-state index contributed by atoms with van der Waals surface area (Å²) in [5.74, 6) is -0.0776. The third kappa shape index (κ3) is 2.41. The summed E-state index contributed by atoms with van der Waals surface area (Å²) in [6.45, 7) is 0.672. The lowest BCUT2D eigenvalue weighted by molar-refractivity contribution is -0.219. The van der Waals surface area contributed by atoms with Crippen LogP contribution in [0.2, 0.25) is 0 Å². The average Bonchev–Trinajstić information content (AvgIpc) is 3.32. The highest BCUT2D eigenvalue weighted by molar-refractivity contribution is 5.90. The number of aromatic nitrogens is 3. The Balaban J connectivity index is 1.55. The van der Waals surface area contributed by atoms with Gasteiger partial charge in [0.2, 0.25) is 0 Å². The summed E-state index contributed by atoms with van der Waals surface area (Å²) in [6.07, 6.45) is 3.52. The van der Waals surface area contributed by atoms with Gasteiger partial charge in [-0.2, -0.15) is 0 Å². The van der Waals surface area contributed by atoms with E-state index < -0.39 is 17.9 Å². The number of ether oxygens (including phenoxy) is 3. The summed E-state index contributed by atoms with van der Waals surface area (Å²) in [6, 6.07) is 1.54. The fourth-order valence-corrected chi connectivity index (χ4v) is 3.07. The monoisotopic (exact) mass is 335 g/mol. The number of fused-ring (bicyclic) bond motifs is 2. The molecule has 2 aromatic rings. The molecule has 2 aromatic heterocycles. The van der Waals surface area contributed by atoms with Crippen molar-refractivity contribution in [3.05, 3.63) is 35.5 Å². The Morgan fingerprint density at radius 1 is 1.58 bits per heavy atom. The van der Waals surface area contributed by atoms with Crippen molar-refractivity contribution in [2.45, 2.75) is 37.4 Å². The molecule has 128 valence electrons. The summed E-state index contributed by atoms with van der Waals surface area (Å²) in [4.78, 5) is 11.7. The van der Waals surface area contributed by atoms with E-state index in [4.69, 9.17) is 18.6 Å². The summed E-state index contributed by atoms with van der Waals surface area (Å²) < 4.78 is 22.6. The smallest absolute Gasteiger partial charge is 0.341 e. The van der Waals surface area contributed by atoms with Gasteiger partial charge >= 0.3 is 5.97 Å². The van der Waals surface area contributed by atoms with E-state index in [1.165, 1.54) is 24.1 Å². The van der Waals surface area contributed by atoms with Crippen molar-refractivity contribution in [3.63, 3.8) is 0 Å². The molecule has 0 aromatic carbocycles. The second kappa shape index (κ2) is 5.69. The van der Waals surface area contributed by atoms with Crippen molar-refractivity contribution in [1.29, 1.82) is 0 Å². The number of nitrogens with zero attached hydrogens (tertiary/aromatic N) is 3. The Bertz CT molecular complexity index is 756. The van der Waals surface area contributed by atoms with Crippen LogP contribution in [0.1, 0.15) is 34.7 Å². The zero-order chi connectivity index (χ0) is 16.7. The minimum atomic E-state index is -1.32. The Morgan fingerprint density at radius 2 is 2.46 bits per heavy atom. The van der Waals surface area contributed by atoms with Gasteiger partial charge in [-0.15, -0.1) is 5.10 Å². The molecule has 1 unspecified atom stereocenters. The maximum Gasteiger partial charge on any atom is 0.341 e. The second-order valence-corrected chi connectivity index (χ2v) is 5.94. The highest BCUT2D eigenvalue weighted by atomic mass is 16.7. The number of hydrogen-bond acceptors (Lipinski definition) is 8. The van der Waals surface area contributed by atoms with Gasteiger partial charge in [-0.25, -0.2) is 9.48 Å². The number of aliphatic hydroxyl groups is 1. The van der Waals surface area contributed by atoms with E-state index in [9.17, 15) is 9.90 Å². The third-order valence-electron chi connectivity index (χ3n) is 4.43. The molecule has 3 atom stereocenters. The van der Waals surface area contributed by atoms with Crippen molar-refractivity contribution in [2.75, 3.05) is 13.7 Å². The summed E-state index contributed by atoms with van der Waals surface area (Å²) in [5.41, 5.74) is -0.616. The van der Waals surface area contributed by atoms with E-state index in [1.54, 1.807) is 6.20 Å². The fourth-order valence-electron chi connectivity index (χ4n) is 3.07. The molecular weight excluding hydrogens is 318 g/mol. The molecule has 9 heteroatoms. The Hall–Kier alpha value is -2.23. The van der Waals surface area contributed by atoms with E-state index in [2.05, 4.69) is 10.3 Å². The molecule has 2 saturated heterocycles. The van der Waals surface area contributed by atoms with Crippen LogP contribution in [0, 0.1) is 0 Å². The minimum absolute atomic E-state index is 0.0380. The molecule has 0 saturated carbocycles. The molecule has 2 fully saturated rings. The SMILES string of the molecule is COC(=O)c1ccoc1Cn1cc(C2(O)CC[C@H]3CO[C@@H]2O3)nn1. The van der Waals surface area contributed by atoms with Crippen molar-refractivity contribution in [2.24, 2.45) is 0 Å². The van der Waals surface area contributed by atoms with Crippen LogP contribution in [-0.4, -0.2) is 52.2 Å². The van der Waals surface area contributed by atoms with E-state index in [0.717, 1.165) is 0 Å². The number of methoxy groups -OCH3 is 1. The molecule has 2 bridgehead atoms. The van der Waals surface area contributed by atoms with E-state index in [-0.39, 0.29) is 12.6 Å². The topological polar surface area (TPSA) is 109 Å². The molecule has 4 rings (SSSR count). The van der Waals surface area contributed by atoms with Crippen molar-refractivity contribution < 1.29 is 28.5 Å². The molecule has 0 aliphatic carbocycles. The van der Waals surface area contributed by atoms with Gasteiger partial charge in [0.15, 0.2) is 11.9 Å². The molecule has 0 amide bonds. The van der Waals surface area contributed by atoms with E-state index in [0.29, 0.717) is 36.5 Å². The zero-order valence-corrected chi connectivity index (χ0v) is 13.0. The predicted molar refractivity (Wildman–Crippen MR) is 76.9 cm³/mol. The van der Waals surface area contributed by atoms with Gasteiger partial charge in [0.1, 0.15) is 23.6 Å². The summed E-state index contributed by atoms with van der Waals surface area (Å²) in [7, 11) is 1.31. The largest absolute Gasteiger partial charge is 0.466 e. The van der Waals surface area contributed by atoms with Gasteiger partial charge in [-0.1, -0.05) is 5.21 Å². The van der Waals surface area contributed by atoms with Crippen molar-refractivity contribution in [3.8, 4) is 0 Å². The van der Waals surface area contributed by atoms with Gasteiger partial charge in [0.05, 0.1) is 32.3 Å². The third-order valence-corrected chi connectivity index (χ3v) is 4.43. The van der Waals surface area contributed by atoms with Crippen LogP contribution in [0.4, 0.5) is 0 Å². The lowest BCUT2D eigenvalue weighted by atomic mass is 9.90. The highest BCUT2D eigenvalue weighted by Crippen LogP contribution is 2.40. The highest BCUT2D eigenvalue weighted by Gasteiger charge is 2.51. The van der Waals surface area contributed by atoms with Crippen LogP contribution in [0.15, 0.2) is 22.9 Å². The number of carbonyl (C=O) groups excluding carboxylic acids is 1. The second-order valence-electron chi connectivity index (χ2n) is 5.94. The Labute approximate surface area is 137 Å². The van der Waals surface area contributed by atoms with Crippen LogP contribution in [0.3, 0.4) is 0 Å². The van der Waals surface area contributed by atoms with Gasteiger partial charge in [0, 0.05) is 0 Å². The van der Waals surface area contributed by atoms with Crippen LogP contribution in [0.5, 0.6) is 0 Å². The van der Waals surface area contributed by atoms with E-state index in [1.807, 2.05) is 0 Å². The molecule has 0 radical (unpaired) electrons. The first-order valence-corrected chi connectivity index (χ1v) is 7.65. The van der Waals surface area contributed by atoms with Crippen LogP contribution in [0.25, 0.3) is 0 Å². The van der Waals surface area contributed by atoms with Crippen molar-refractivity contribution in [1.82, 2.24) is 15.0 Å². The fraction of sp³-hybridized carbons (Fsp3) is 0.533. The van der Waals surface area contributed by atoms with Crippen LogP contribution in [-0.2, 0) is 26.4 Å². The molecule has 24 heavy (non-hydrogen) atoms. The first kappa shape index (κ1) is 15.3. The first-order valence-electron chi connectivity index (χ1n) is 7.65. The van der Waals surface area contributed by atoms with Crippen LogP contribution >= 0.6 is 0 Å².